The van der Waals surface area contributed by atoms with Crippen LogP contribution in [0.5, 0.6) is 0 Å². The molecular weight excluding hydrogens is 188 g/mol. The minimum Gasteiger partial charge on any atom is -0.412 e. The molecule has 0 aliphatic rings. The summed E-state index contributed by atoms with van der Waals surface area (Å²) in [6.07, 6.45) is 0. The molecule has 0 aliphatic heterocycles. The molecule has 0 aromatic carbocycles. The highest BCUT2D eigenvalue weighted by molar-refractivity contribution is 5.85. The molecule has 0 saturated heterocycles. The fraction of sp³-hybridized carbons (Fsp3) is 0. The van der Waals surface area contributed by atoms with Gasteiger partial charge in [0.1, 0.15) is 0 Å². The van der Waals surface area contributed by atoms with Crippen LogP contribution in [0.1, 0.15) is 0 Å². The average Bonchev–Trinajstić information content (AvgIpc) is 0. The van der Waals surface area contributed by atoms with Crippen molar-refractivity contribution in [3.05, 3.63) is 0 Å². The highest BCUT2D eigenvalue weighted by Crippen LogP contribution is 0.690. The van der Waals surface area contributed by atoms with Gasteiger partial charge >= 0.3 is 23.1 Å². The van der Waals surface area contributed by atoms with Crippen LogP contribution in [0.4, 0.5) is 0 Å². The number of halogens is 1. The Hall–Kier alpha value is 0.736. The minimum atomic E-state index is 0. The highest BCUT2D eigenvalue weighted by Gasteiger charge is 0.316. The highest BCUT2D eigenvalue weighted by atomic mass is 35.5. The van der Waals surface area contributed by atoms with Gasteiger partial charge in [0.2, 0.25) is 0 Å². The molecule has 0 fully saturated rings. The van der Waals surface area contributed by atoms with Crippen molar-refractivity contribution in [1.29, 1.82) is 0 Å². The smallest absolute Gasteiger partial charge is 0.316 e. The molecule has 0 spiro atoms. The van der Waals surface area contributed by atoms with E-state index in [0.717, 1.165) is 0 Å². The lowest BCUT2D eigenvalue weighted by molar-refractivity contribution is 0.823. The van der Waals surface area contributed by atoms with E-state index in [0.29, 0.717) is 0 Å². The normalized spacial score (nSPS) is 0. The number of rotatable bonds is 0. The Labute approximate surface area is 79.6 Å². The van der Waals surface area contributed by atoms with E-state index in [4.69, 9.17) is 0 Å². The van der Waals surface area contributed by atoms with Gasteiger partial charge in [-0.05, 0) is 0 Å². The van der Waals surface area contributed by atoms with E-state index in [-0.39, 0.29) is 79.3 Å². The molecule has 0 atom stereocenters. The molecule has 0 saturated carbocycles. The van der Waals surface area contributed by atoms with Gasteiger partial charge in [0, 0.05) is 0 Å². The first kappa shape index (κ1) is 1880. The van der Waals surface area contributed by atoms with E-state index in [9.17, 15) is 0 Å². The van der Waals surface area contributed by atoms with Gasteiger partial charge < -0.3 is 43.8 Å². The number of hydrogen-bond donors (Lipinski definition) is 0. The Morgan fingerprint density at radius 2 is 0.300 bits per heavy atom. The molecule has 0 aliphatic carbocycles. The van der Waals surface area contributed by atoms with Crippen molar-refractivity contribution in [2.75, 3.05) is 0 Å². The van der Waals surface area contributed by atoms with Gasteiger partial charge in [-0.15, -0.1) is 12.4 Å². The summed E-state index contributed by atoms with van der Waals surface area (Å²) in [5.41, 5.74) is 0. The van der Waals surface area contributed by atoms with E-state index >= 15 is 0 Å². The SMILES string of the molecule is Cl.O.O.O.O.O.O.O.O.[MgH2]. The van der Waals surface area contributed by atoms with Crippen LogP contribution >= 0.6 is 12.4 Å². The van der Waals surface area contributed by atoms with E-state index in [1.807, 2.05) is 0 Å². The summed E-state index contributed by atoms with van der Waals surface area (Å²) in [4.78, 5) is 0. The summed E-state index contributed by atoms with van der Waals surface area (Å²) in [6, 6.07) is 0. The summed E-state index contributed by atoms with van der Waals surface area (Å²) in [5, 5.41) is 0. The predicted molar refractivity (Wildman–Crippen MR) is 44.7 cm³/mol. The molecule has 0 aromatic rings. The largest absolute Gasteiger partial charge is 0.412 e. The second-order valence-corrected chi connectivity index (χ2v) is 0. The molecule has 10 heavy (non-hydrogen) atoms. The van der Waals surface area contributed by atoms with E-state index in [1.165, 1.54) is 0 Å². The summed E-state index contributed by atoms with van der Waals surface area (Å²) in [7, 11) is 0. The molecule has 16 N–H and O–H groups in total. The van der Waals surface area contributed by atoms with Crippen LogP contribution in [-0.2, 0) is 0 Å². The summed E-state index contributed by atoms with van der Waals surface area (Å²) in [5.74, 6) is 0. The average molecular weight is 207 g/mol. The van der Waals surface area contributed by atoms with Gasteiger partial charge in [-0.1, -0.05) is 0 Å². The molecule has 0 aromatic heterocycles. The Morgan fingerprint density at radius 3 is 0.300 bits per heavy atom. The molecule has 0 unspecified atom stereocenters. The third-order valence-corrected chi connectivity index (χ3v) is 0. The van der Waals surface area contributed by atoms with Crippen LogP contribution in [0.2, 0.25) is 0 Å². The monoisotopic (exact) mass is 206 g/mol. The van der Waals surface area contributed by atoms with Crippen molar-refractivity contribution in [1.82, 2.24) is 0 Å². The fourth-order valence-electron chi connectivity index (χ4n) is 0. The fourth-order valence-corrected chi connectivity index (χ4v) is 0. The maximum atomic E-state index is 0. The predicted octanol–water partition coefficient (Wildman–Crippen LogP) is -7.09. The molecular formula is H19ClMgO8. The van der Waals surface area contributed by atoms with E-state index < -0.39 is 0 Å². The lowest BCUT2D eigenvalue weighted by Crippen LogP contribution is -0.381. The van der Waals surface area contributed by atoms with Gasteiger partial charge in [0.15, 0.2) is 0 Å². The lowest BCUT2D eigenvalue weighted by atomic mass is 16.0. The van der Waals surface area contributed by atoms with E-state index in [2.05, 4.69) is 0 Å². The first-order valence-electron chi connectivity index (χ1n) is 0. The zero-order chi connectivity index (χ0) is 0. The van der Waals surface area contributed by atoms with Gasteiger partial charge in [0.25, 0.3) is 0 Å². The molecule has 0 amide bonds. The van der Waals surface area contributed by atoms with Crippen molar-refractivity contribution in [3.63, 3.8) is 0 Å². The zero-order valence-corrected chi connectivity index (χ0v) is 5.22. The summed E-state index contributed by atoms with van der Waals surface area (Å²) >= 11 is 0. The topological polar surface area (TPSA) is 252 Å². The van der Waals surface area contributed by atoms with Gasteiger partial charge in [-0.25, -0.2) is 0 Å². The Morgan fingerprint density at radius 1 is 0.300 bits per heavy atom. The molecule has 0 heterocycles. The molecule has 10 heteroatoms. The van der Waals surface area contributed by atoms with E-state index in [1.54, 1.807) is 0 Å². The summed E-state index contributed by atoms with van der Waals surface area (Å²) in [6.45, 7) is 0. The second-order valence-electron chi connectivity index (χ2n) is 0. The maximum Gasteiger partial charge on any atom is 0.316 e. The summed E-state index contributed by atoms with van der Waals surface area (Å²) < 4.78 is 0. The van der Waals surface area contributed by atoms with Crippen molar-refractivity contribution >= 4 is 35.5 Å². The van der Waals surface area contributed by atoms with Crippen molar-refractivity contribution in [2.24, 2.45) is 0 Å². The first-order valence-corrected chi connectivity index (χ1v) is 0. The zero-order valence-electron chi connectivity index (χ0n) is 4.41. The van der Waals surface area contributed by atoms with Crippen molar-refractivity contribution in [3.8, 4) is 0 Å². The van der Waals surface area contributed by atoms with Crippen molar-refractivity contribution < 1.29 is 43.8 Å². The minimum absolute atomic E-state index is 0. The third kappa shape index (κ3) is 965. The van der Waals surface area contributed by atoms with Crippen LogP contribution in [0.15, 0.2) is 0 Å². The van der Waals surface area contributed by atoms with Gasteiger partial charge in [-0.2, -0.15) is 0 Å². The van der Waals surface area contributed by atoms with Crippen LogP contribution in [0.3, 0.4) is 0 Å². The standard InChI is InChI=1S/ClH.Mg.8H2O.2H/h1H;;8*1H2;;. The third-order valence-electron chi connectivity index (χ3n) is 0. The molecule has 0 radical (unpaired) electrons. The Bertz CT molecular complexity index is 9.22. The lowest BCUT2D eigenvalue weighted by Gasteiger charge is -0.413. The molecule has 0 rings (SSSR count). The second kappa shape index (κ2) is 1370. The molecule has 0 bridgehead atoms. The van der Waals surface area contributed by atoms with Gasteiger partial charge in [0.05, 0.1) is 0 Å². The Balaban J connectivity index is 0. The molecule has 8 nitrogen and oxygen atoms in total. The molecule has 76 valence electrons. The quantitative estimate of drug-likeness (QED) is 0.335. The number of hydrogen-bond acceptors (Lipinski definition) is 0. The Kier molecular flexibility index (Phi) is 257000. The first-order chi connectivity index (χ1) is 0. The van der Waals surface area contributed by atoms with Gasteiger partial charge in [-0.3, -0.25) is 0 Å². The van der Waals surface area contributed by atoms with Crippen LogP contribution in [0, 0.1) is 0 Å². The maximum absolute atomic E-state index is 0. The van der Waals surface area contributed by atoms with Crippen LogP contribution < -0.4 is 0 Å². The van der Waals surface area contributed by atoms with Crippen molar-refractivity contribution in [2.45, 2.75) is 0 Å². The van der Waals surface area contributed by atoms with Crippen LogP contribution in [0.25, 0.3) is 0 Å². The van der Waals surface area contributed by atoms with Crippen LogP contribution in [-0.4, -0.2) is 66.9 Å².